The summed E-state index contributed by atoms with van der Waals surface area (Å²) in [5.74, 6) is 0.429. The van der Waals surface area contributed by atoms with Gasteiger partial charge >= 0.3 is 12.3 Å². The van der Waals surface area contributed by atoms with Crippen molar-refractivity contribution in [1.82, 2.24) is 9.88 Å². The average molecular weight is 275 g/mol. The van der Waals surface area contributed by atoms with Crippen LogP contribution in [0.4, 0.5) is 23.8 Å². The molecule has 1 aromatic rings. The summed E-state index contributed by atoms with van der Waals surface area (Å²) in [6.45, 7) is 1.48. The number of aromatic nitrogens is 1. The Morgan fingerprint density at radius 3 is 2.26 bits per heavy atom. The van der Waals surface area contributed by atoms with Gasteiger partial charge in [0.15, 0.2) is 0 Å². The van der Waals surface area contributed by atoms with Crippen LogP contribution >= 0.6 is 0 Å². The van der Waals surface area contributed by atoms with Crippen LogP contribution in [0, 0.1) is 0 Å². The fourth-order valence-electron chi connectivity index (χ4n) is 1.87. The van der Waals surface area contributed by atoms with Gasteiger partial charge in [-0.15, -0.1) is 0 Å². The molecule has 1 amide bonds. The summed E-state index contributed by atoms with van der Waals surface area (Å²) >= 11 is 0. The van der Waals surface area contributed by atoms with Crippen molar-refractivity contribution in [3.8, 4) is 0 Å². The standard InChI is InChI=1S/C11H12F3N3O2/c12-11(13,14)8-1-2-9(15-7-8)16-3-5-17(6-4-16)10(18)19/h1-2,7H,3-6H2,(H,18,19). The van der Waals surface area contributed by atoms with Crippen LogP contribution in [0.5, 0.6) is 0 Å². The van der Waals surface area contributed by atoms with Gasteiger partial charge in [-0.1, -0.05) is 0 Å². The van der Waals surface area contributed by atoms with Gasteiger partial charge in [-0.3, -0.25) is 0 Å². The summed E-state index contributed by atoms with van der Waals surface area (Å²) in [4.78, 5) is 17.5. The molecular formula is C11H12F3N3O2. The van der Waals surface area contributed by atoms with E-state index >= 15 is 0 Å². The molecule has 1 aliphatic rings. The Labute approximate surface area is 107 Å². The fourth-order valence-corrected chi connectivity index (χ4v) is 1.87. The van der Waals surface area contributed by atoms with Gasteiger partial charge in [0.25, 0.3) is 0 Å². The first-order valence-electron chi connectivity index (χ1n) is 5.64. The van der Waals surface area contributed by atoms with E-state index in [2.05, 4.69) is 4.98 Å². The second-order valence-corrected chi connectivity index (χ2v) is 4.16. The minimum Gasteiger partial charge on any atom is -0.465 e. The number of carboxylic acid groups (broad SMARTS) is 1. The third-order valence-corrected chi connectivity index (χ3v) is 2.95. The number of anilines is 1. The van der Waals surface area contributed by atoms with E-state index in [1.165, 1.54) is 11.0 Å². The number of pyridine rings is 1. The van der Waals surface area contributed by atoms with Crippen molar-refractivity contribution in [2.45, 2.75) is 6.18 Å². The van der Waals surface area contributed by atoms with Gasteiger partial charge < -0.3 is 14.9 Å². The zero-order valence-electron chi connectivity index (χ0n) is 9.89. The molecule has 1 saturated heterocycles. The third-order valence-electron chi connectivity index (χ3n) is 2.95. The lowest BCUT2D eigenvalue weighted by molar-refractivity contribution is -0.137. The van der Waals surface area contributed by atoms with E-state index in [1.54, 1.807) is 4.90 Å². The molecule has 1 aromatic heterocycles. The highest BCUT2D eigenvalue weighted by Gasteiger charge is 2.31. The Balaban J connectivity index is 2.02. The topological polar surface area (TPSA) is 56.7 Å². The number of nitrogens with zero attached hydrogens (tertiary/aromatic N) is 3. The van der Waals surface area contributed by atoms with Crippen molar-refractivity contribution in [1.29, 1.82) is 0 Å². The fraction of sp³-hybridized carbons (Fsp3) is 0.455. The molecule has 8 heteroatoms. The van der Waals surface area contributed by atoms with Crippen LogP contribution in [-0.4, -0.2) is 47.3 Å². The molecule has 1 aliphatic heterocycles. The molecule has 2 heterocycles. The first kappa shape index (κ1) is 13.4. The number of rotatable bonds is 1. The molecular weight excluding hydrogens is 263 g/mol. The van der Waals surface area contributed by atoms with Crippen LogP contribution in [0.25, 0.3) is 0 Å². The summed E-state index contributed by atoms with van der Waals surface area (Å²) in [6, 6.07) is 2.28. The number of halogens is 3. The SMILES string of the molecule is O=C(O)N1CCN(c2ccc(C(F)(F)F)cn2)CC1. The number of hydrogen-bond donors (Lipinski definition) is 1. The maximum Gasteiger partial charge on any atom is 0.417 e. The molecule has 0 radical (unpaired) electrons. The van der Waals surface area contributed by atoms with Gasteiger partial charge in [0.2, 0.25) is 0 Å². The maximum atomic E-state index is 12.4. The molecule has 0 aliphatic carbocycles. The molecule has 0 saturated carbocycles. The van der Waals surface area contributed by atoms with Crippen molar-refractivity contribution < 1.29 is 23.1 Å². The average Bonchev–Trinajstić information content (AvgIpc) is 2.38. The van der Waals surface area contributed by atoms with E-state index in [0.29, 0.717) is 32.0 Å². The first-order valence-corrected chi connectivity index (χ1v) is 5.64. The van der Waals surface area contributed by atoms with E-state index in [0.717, 1.165) is 12.3 Å². The number of hydrogen-bond acceptors (Lipinski definition) is 3. The molecule has 19 heavy (non-hydrogen) atoms. The van der Waals surface area contributed by atoms with Gasteiger partial charge in [0.1, 0.15) is 5.82 Å². The van der Waals surface area contributed by atoms with Crippen molar-refractivity contribution in [2.75, 3.05) is 31.1 Å². The largest absolute Gasteiger partial charge is 0.465 e. The van der Waals surface area contributed by atoms with Crippen molar-refractivity contribution in [3.05, 3.63) is 23.9 Å². The molecule has 0 spiro atoms. The van der Waals surface area contributed by atoms with Crippen LogP contribution in [-0.2, 0) is 6.18 Å². The Morgan fingerprint density at radius 1 is 1.21 bits per heavy atom. The van der Waals surface area contributed by atoms with Crippen LogP contribution in [0.15, 0.2) is 18.3 Å². The van der Waals surface area contributed by atoms with Crippen molar-refractivity contribution in [3.63, 3.8) is 0 Å². The van der Waals surface area contributed by atoms with Crippen LogP contribution < -0.4 is 4.90 Å². The molecule has 104 valence electrons. The molecule has 1 fully saturated rings. The molecule has 5 nitrogen and oxygen atoms in total. The number of carbonyl (C=O) groups is 1. The Kier molecular flexibility index (Phi) is 3.50. The zero-order chi connectivity index (χ0) is 14.0. The van der Waals surface area contributed by atoms with E-state index in [4.69, 9.17) is 5.11 Å². The maximum absolute atomic E-state index is 12.4. The molecule has 2 rings (SSSR count). The number of alkyl halides is 3. The Morgan fingerprint density at radius 2 is 1.84 bits per heavy atom. The van der Waals surface area contributed by atoms with E-state index in [-0.39, 0.29) is 0 Å². The number of piperazine rings is 1. The molecule has 0 bridgehead atoms. The minimum atomic E-state index is -4.40. The second kappa shape index (κ2) is 4.94. The van der Waals surface area contributed by atoms with E-state index in [9.17, 15) is 18.0 Å². The monoisotopic (exact) mass is 275 g/mol. The highest BCUT2D eigenvalue weighted by molar-refractivity contribution is 5.65. The third kappa shape index (κ3) is 3.07. The Hall–Kier alpha value is -1.99. The number of amides is 1. The lowest BCUT2D eigenvalue weighted by Crippen LogP contribution is -2.48. The van der Waals surface area contributed by atoms with Crippen LogP contribution in [0.2, 0.25) is 0 Å². The first-order chi connectivity index (χ1) is 8.88. The highest BCUT2D eigenvalue weighted by atomic mass is 19.4. The predicted octanol–water partition coefficient (Wildman–Crippen LogP) is 1.90. The summed E-state index contributed by atoms with van der Waals surface area (Å²) in [5.41, 5.74) is -0.791. The predicted molar refractivity (Wildman–Crippen MR) is 61.0 cm³/mol. The van der Waals surface area contributed by atoms with E-state index < -0.39 is 17.8 Å². The smallest absolute Gasteiger partial charge is 0.417 e. The molecule has 0 atom stereocenters. The lowest BCUT2D eigenvalue weighted by atomic mass is 10.2. The van der Waals surface area contributed by atoms with Crippen LogP contribution in [0.1, 0.15) is 5.56 Å². The molecule has 1 N–H and O–H groups in total. The van der Waals surface area contributed by atoms with Gasteiger partial charge in [0, 0.05) is 32.4 Å². The van der Waals surface area contributed by atoms with Gasteiger partial charge in [-0.2, -0.15) is 13.2 Å². The summed E-state index contributed by atoms with van der Waals surface area (Å²) in [5, 5.41) is 8.79. The second-order valence-electron chi connectivity index (χ2n) is 4.16. The van der Waals surface area contributed by atoms with Gasteiger partial charge in [-0.05, 0) is 12.1 Å². The molecule has 0 unspecified atom stereocenters. The highest BCUT2D eigenvalue weighted by Crippen LogP contribution is 2.29. The van der Waals surface area contributed by atoms with Crippen molar-refractivity contribution in [2.24, 2.45) is 0 Å². The summed E-state index contributed by atoms with van der Waals surface area (Å²) in [6.07, 6.45) is -4.59. The Bertz CT molecular complexity index is 453. The summed E-state index contributed by atoms with van der Waals surface area (Å²) in [7, 11) is 0. The van der Waals surface area contributed by atoms with E-state index in [1.807, 2.05) is 0 Å². The van der Waals surface area contributed by atoms with Crippen molar-refractivity contribution >= 4 is 11.9 Å². The van der Waals surface area contributed by atoms with Crippen LogP contribution in [0.3, 0.4) is 0 Å². The van der Waals surface area contributed by atoms with Gasteiger partial charge in [0.05, 0.1) is 5.56 Å². The molecule has 0 aromatic carbocycles. The summed E-state index contributed by atoms with van der Waals surface area (Å²) < 4.78 is 37.1. The zero-order valence-corrected chi connectivity index (χ0v) is 9.89. The quantitative estimate of drug-likeness (QED) is 0.850. The minimum absolute atomic E-state index is 0.317. The lowest BCUT2D eigenvalue weighted by Gasteiger charge is -2.33. The van der Waals surface area contributed by atoms with Gasteiger partial charge in [-0.25, -0.2) is 9.78 Å². The normalized spacial score (nSPS) is 16.6.